The smallest absolute Gasteiger partial charge is 0.248 e. The number of nitrogens with zero attached hydrogens (tertiary/aromatic N) is 1. The third-order valence-corrected chi connectivity index (χ3v) is 6.81. The molecule has 1 fully saturated rings. The molecule has 2 aromatic carbocycles. The third-order valence-electron chi connectivity index (χ3n) is 5.93. The Morgan fingerprint density at radius 2 is 1.82 bits per heavy atom. The maximum absolute atomic E-state index is 15.0. The summed E-state index contributed by atoms with van der Waals surface area (Å²) in [6.07, 6.45) is 4.00. The molecule has 1 N–H and O–H groups in total. The van der Waals surface area contributed by atoms with Crippen molar-refractivity contribution in [3.8, 4) is 5.75 Å². The molecule has 0 spiro atoms. The lowest BCUT2D eigenvalue weighted by Crippen LogP contribution is -2.47. The Balaban J connectivity index is 1.77. The average molecular weight is 467 g/mol. The summed E-state index contributed by atoms with van der Waals surface area (Å²) in [7, 11) is 1.56. The van der Waals surface area contributed by atoms with Crippen LogP contribution >= 0.6 is 11.3 Å². The van der Waals surface area contributed by atoms with Gasteiger partial charge >= 0.3 is 0 Å². The molecule has 1 saturated carbocycles. The van der Waals surface area contributed by atoms with Crippen LogP contribution in [0.25, 0.3) is 0 Å². The van der Waals surface area contributed by atoms with Crippen LogP contribution in [0, 0.1) is 5.82 Å². The van der Waals surface area contributed by atoms with Crippen molar-refractivity contribution in [3.63, 3.8) is 0 Å². The molecule has 172 valence electrons. The van der Waals surface area contributed by atoms with E-state index in [1.165, 1.54) is 22.3 Å². The largest absolute Gasteiger partial charge is 0.497 e. The second-order valence-electron chi connectivity index (χ2n) is 8.13. The van der Waals surface area contributed by atoms with E-state index >= 15 is 4.39 Å². The molecular formula is C26H27FN2O3S. The Kier molecular flexibility index (Phi) is 7.40. The lowest BCUT2D eigenvalue weighted by atomic mass is 10.0. The van der Waals surface area contributed by atoms with Gasteiger partial charge in [0.05, 0.1) is 13.5 Å². The SMILES string of the molecule is COc1ccc(N(C(=O)Cc2cccs2)C(C(=O)NC2CCCC2)c2ccccc2F)cc1. The van der Waals surface area contributed by atoms with E-state index in [4.69, 9.17) is 4.74 Å². The summed E-state index contributed by atoms with van der Waals surface area (Å²) in [5.41, 5.74) is 0.676. The van der Waals surface area contributed by atoms with E-state index in [-0.39, 0.29) is 29.8 Å². The number of nitrogens with one attached hydrogen (secondary N) is 1. The van der Waals surface area contributed by atoms with Crippen LogP contribution < -0.4 is 15.0 Å². The Morgan fingerprint density at radius 3 is 2.45 bits per heavy atom. The van der Waals surface area contributed by atoms with Crippen LogP contribution in [0.1, 0.15) is 42.2 Å². The predicted molar refractivity (Wildman–Crippen MR) is 128 cm³/mol. The zero-order valence-corrected chi connectivity index (χ0v) is 19.3. The minimum absolute atomic E-state index is 0.0388. The summed E-state index contributed by atoms with van der Waals surface area (Å²) in [5.74, 6) is -0.548. The van der Waals surface area contributed by atoms with Gasteiger partial charge in [-0.2, -0.15) is 0 Å². The summed E-state index contributed by atoms with van der Waals surface area (Å²) in [6, 6.07) is 15.7. The number of rotatable bonds is 8. The zero-order valence-electron chi connectivity index (χ0n) is 18.5. The van der Waals surface area contributed by atoms with E-state index in [1.807, 2.05) is 17.5 Å². The molecule has 7 heteroatoms. The van der Waals surface area contributed by atoms with Gasteiger partial charge in [-0.05, 0) is 54.6 Å². The van der Waals surface area contributed by atoms with Crippen molar-refractivity contribution in [3.05, 3.63) is 82.3 Å². The van der Waals surface area contributed by atoms with E-state index in [0.29, 0.717) is 11.4 Å². The second kappa shape index (κ2) is 10.6. The Hall–Kier alpha value is -3.19. The van der Waals surface area contributed by atoms with E-state index in [1.54, 1.807) is 49.6 Å². The fourth-order valence-electron chi connectivity index (χ4n) is 4.27. The molecule has 1 atom stereocenters. The fourth-order valence-corrected chi connectivity index (χ4v) is 4.97. The average Bonchev–Trinajstić information content (AvgIpc) is 3.52. The van der Waals surface area contributed by atoms with Crippen LogP contribution in [0.3, 0.4) is 0 Å². The lowest BCUT2D eigenvalue weighted by molar-refractivity contribution is -0.127. The number of amides is 2. The first-order valence-corrected chi connectivity index (χ1v) is 12.0. The topological polar surface area (TPSA) is 58.6 Å². The van der Waals surface area contributed by atoms with E-state index in [9.17, 15) is 9.59 Å². The molecule has 1 unspecified atom stereocenters. The first-order valence-electron chi connectivity index (χ1n) is 11.1. The van der Waals surface area contributed by atoms with Crippen LogP contribution in [0.4, 0.5) is 10.1 Å². The van der Waals surface area contributed by atoms with Crippen molar-refractivity contribution in [1.29, 1.82) is 0 Å². The molecule has 1 aliphatic rings. The van der Waals surface area contributed by atoms with Gasteiger partial charge < -0.3 is 10.1 Å². The highest BCUT2D eigenvalue weighted by Crippen LogP contribution is 2.32. The molecule has 0 radical (unpaired) electrons. The molecule has 1 heterocycles. The third kappa shape index (κ3) is 5.42. The van der Waals surface area contributed by atoms with Gasteiger partial charge in [-0.3, -0.25) is 14.5 Å². The molecule has 1 aliphatic carbocycles. The van der Waals surface area contributed by atoms with Crippen molar-refractivity contribution in [2.75, 3.05) is 12.0 Å². The van der Waals surface area contributed by atoms with E-state index in [0.717, 1.165) is 30.6 Å². The van der Waals surface area contributed by atoms with Crippen molar-refractivity contribution in [2.45, 2.75) is 44.2 Å². The molecule has 0 aliphatic heterocycles. The molecule has 0 saturated heterocycles. The zero-order chi connectivity index (χ0) is 23.2. The maximum atomic E-state index is 15.0. The quantitative estimate of drug-likeness (QED) is 0.492. The van der Waals surface area contributed by atoms with E-state index in [2.05, 4.69) is 5.32 Å². The highest BCUT2D eigenvalue weighted by molar-refractivity contribution is 7.10. The normalized spacial score (nSPS) is 14.6. The van der Waals surface area contributed by atoms with Crippen LogP contribution in [0.15, 0.2) is 66.0 Å². The lowest BCUT2D eigenvalue weighted by Gasteiger charge is -2.32. The molecule has 3 aromatic rings. The summed E-state index contributed by atoms with van der Waals surface area (Å²) >= 11 is 1.47. The number of thiophene rings is 1. The van der Waals surface area contributed by atoms with Crippen molar-refractivity contribution < 1.29 is 18.7 Å². The molecule has 1 aromatic heterocycles. The molecule has 2 amide bonds. The number of benzene rings is 2. The van der Waals surface area contributed by atoms with Gasteiger partial charge in [-0.15, -0.1) is 11.3 Å². The number of carbonyl (C=O) groups excluding carboxylic acids is 2. The van der Waals surface area contributed by atoms with Gasteiger partial charge in [-0.25, -0.2) is 4.39 Å². The molecule has 5 nitrogen and oxygen atoms in total. The predicted octanol–water partition coefficient (Wildman–Crippen LogP) is 5.27. The van der Waals surface area contributed by atoms with Gasteiger partial charge in [0.15, 0.2) is 0 Å². The van der Waals surface area contributed by atoms with Gasteiger partial charge in [0.2, 0.25) is 11.8 Å². The Labute approximate surface area is 197 Å². The molecule has 0 bridgehead atoms. The van der Waals surface area contributed by atoms with Gasteiger partial charge in [-0.1, -0.05) is 37.1 Å². The van der Waals surface area contributed by atoms with Crippen LogP contribution in [0.2, 0.25) is 0 Å². The second-order valence-corrected chi connectivity index (χ2v) is 9.16. The number of methoxy groups -OCH3 is 1. The number of hydrogen-bond donors (Lipinski definition) is 1. The van der Waals surface area contributed by atoms with Crippen molar-refractivity contribution in [2.24, 2.45) is 0 Å². The van der Waals surface area contributed by atoms with E-state index < -0.39 is 11.9 Å². The maximum Gasteiger partial charge on any atom is 0.248 e. The summed E-state index contributed by atoms with van der Waals surface area (Å²) in [4.78, 5) is 29.5. The van der Waals surface area contributed by atoms with Crippen molar-refractivity contribution >= 4 is 28.8 Å². The van der Waals surface area contributed by atoms with Gasteiger partial charge in [0.25, 0.3) is 0 Å². The van der Waals surface area contributed by atoms with Gasteiger partial charge in [0.1, 0.15) is 17.6 Å². The Morgan fingerprint density at radius 1 is 1.09 bits per heavy atom. The standard InChI is InChI=1S/C26H27FN2O3S/c1-32-20-14-12-19(13-15-20)29(24(30)17-21-9-6-16-33-21)25(22-10-4-5-11-23(22)27)26(31)28-18-7-2-3-8-18/h4-6,9-16,18,25H,2-3,7-8,17H2,1H3,(H,28,31). The molecule has 4 rings (SSSR count). The van der Waals surface area contributed by atoms with Crippen LogP contribution in [-0.4, -0.2) is 25.0 Å². The summed E-state index contributed by atoms with van der Waals surface area (Å²) in [5, 5.41) is 4.97. The Bertz CT molecular complexity index is 1080. The fraction of sp³-hybridized carbons (Fsp3) is 0.308. The van der Waals surface area contributed by atoms with Crippen molar-refractivity contribution in [1.82, 2.24) is 5.32 Å². The molecule has 33 heavy (non-hydrogen) atoms. The monoisotopic (exact) mass is 466 g/mol. The van der Waals surface area contributed by atoms with Crippen LogP contribution in [-0.2, 0) is 16.0 Å². The highest BCUT2D eigenvalue weighted by Gasteiger charge is 2.35. The summed E-state index contributed by atoms with van der Waals surface area (Å²) < 4.78 is 20.3. The minimum Gasteiger partial charge on any atom is -0.497 e. The van der Waals surface area contributed by atoms with Crippen LogP contribution in [0.5, 0.6) is 5.75 Å². The number of anilines is 1. The van der Waals surface area contributed by atoms with Gasteiger partial charge in [0, 0.05) is 22.2 Å². The summed E-state index contributed by atoms with van der Waals surface area (Å²) in [6.45, 7) is 0. The first-order chi connectivity index (χ1) is 16.1. The minimum atomic E-state index is -1.13. The number of ether oxygens (including phenoxy) is 1. The number of halogens is 1. The molecular weight excluding hydrogens is 439 g/mol. The first kappa shape index (κ1) is 23.0. The number of carbonyl (C=O) groups is 2. The highest BCUT2D eigenvalue weighted by atomic mass is 32.1. The number of hydrogen-bond acceptors (Lipinski definition) is 4.